The minimum atomic E-state index is -0.648. The van der Waals surface area contributed by atoms with E-state index in [-0.39, 0.29) is 18.5 Å². The van der Waals surface area contributed by atoms with Crippen molar-refractivity contribution in [2.24, 2.45) is 0 Å². The maximum absolute atomic E-state index is 13.5. The Morgan fingerprint density at radius 1 is 1.09 bits per heavy atom. The van der Waals surface area contributed by atoms with Gasteiger partial charge in [-0.2, -0.15) is 5.10 Å². The summed E-state index contributed by atoms with van der Waals surface area (Å²) in [6.07, 6.45) is 0.0973. The van der Waals surface area contributed by atoms with Crippen LogP contribution in [0.4, 0.5) is 4.39 Å². The van der Waals surface area contributed by atoms with E-state index in [1.807, 2.05) is 51.1 Å². The molecule has 0 aliphatic carbocycles. The van der Waals surface area contributed by atoms with Gasteiger partial charge >= 0.3 is 0 Å². The van der Waals surface area contributed by atoms with Gasteiger partial charge in [0.25, 0.3) is 0 Å². The Morgan fingerprint density at radius 3 is 2.43 bits per heavy atom. The summed E-state index contributed by atoms with van der Waals surface area (Å²) < 4.78 is 32.5. The van der Waals surface area contributed by atoms with Gasteiger partial charge in [-0.3, -0.25) is 4.90 Å². The zero-order valence-electron chi connectivity index (χ0n) is 21.0. The van der Waals surface area contributed by atoms with Crippen molar-refractivity contribution in [3.8, 4) is 17.3 Å². The van der Waals surface area contributed by atoms with Crippen LogP contribution in [0.5, 0.6) is 11.6 Å². The van der Waals surface area contributed by atoms with Gasteiger partial charge in [0.1, 0.15) is 11.6 Å². The average Bonchev–Trinajstić information content (AvgIpc) is 3.20. The van der Waals surface area contributed by atoms with Gasteiger partial charge in [0, 0.05) is 26.7 Å². The summed E-state index contributed by atoms with van der Waals surface area (Å²) in [4.78, 5) is 2.11. The number of nitrogens with zero attached hydrogens (tertiary/aromatic N) is 3. The third-order valence-electron chi connectivity index (χ3n) is 5.47. The summed E-state index contributed by atoms with van der Waals surface area (Å²) in [6, 6.07) is 15.7. The standard InChI is InChI=1S/C27H36FN3O4/c1-5-26-25(18-30(15-16-33-4)17-23(32)19-34-20(2)3)27(35-24-13-11-21(28)12-14-24)31(29-26)22-9-7-6-8-10-22/h6-14,20,23,32H,5,15-19H2,1-4H3/t23-/m0/s1. The number of aryl methyl sites for hydroxylation is 1. The molecule has 0 bridgehead atoms. The lowest BCUT2D eigenvalue weighted by atomic mass is 10.1. The Morgan fingerprint density at radius 2 is 1.80 bits per heavy atom. The number of ether oxygens (including phenoxy) is 3. The first-order valence-electron chi connectivity index (χ1n) is 12.0. The number of aliphatic hydroxyl groups is 1. The number of hydrogen-bond donors (Lipinski definition) is 1. The number of hydrogen-bond acceptors (Lipinski definition) is 6. The number of rotatable bonds is 14. The van der Waals surface area contributed by atoms with E-state index in [4.69, 9.17) is 19.3 Å². The minimum Gasteiger partial charge on any atom is -0.439 e. The molecule has 1 atom stereocenters. The van der Waals surface area contributed by atoms with Gasteiger partial charge in [0.15, 0.2) is 0 Å². The van der Waals surface area contributed by atoms with Crippen molar-refractivity contribution in [2.75, 3.05) is 33.4 Å². The van der Waals surface area contributed by atoms with Gasteiger partial charge in [0.05, 0.1) is 42.4 Å². The molecule has 0 saturated heterocycles. The Labute approximate surface area is 207 Å². The molecule has 0 unspecified atom stereocenters. The van der Waals surface area contributed by atoms with Crippen LogP contribution < -0.4 is 4.74 Å². The monoisotopic (exact) mass is 485 g/mol. The molecule has 1 heterocycles. The van der Waals surface area contributed by atoms with E-state index in [9.17, 15) is 9.50 Å². The SMILES string of the molecule is CCc1nn(-c2ccccc2)c(Oc2ccc(F)cc2)c1CN(CCOC)C[C@H](O)COC(C)C. The third-order valence-corrected chi connectivity index (χ3v) is 5.47. The summed E-state index contributed by atoms with van der Waals surface area (Å²) in [6.45, 7) is 8.23. The van der Waals surface area contributed by atoms with Crippen molar-refractivity contribution < 1.29 is 23.7 Å². The number of aromatic nitrogens is 2. The molecule has 2 aromatic carbocycles. The first-order valence-corrected chi connectivity index (χ1v) is 12.0. The molecular formula is C27H36FN3O4. The fourth-order valence-corrected chi connectivity index (χ4v) is 3.72. The van der Waals surface area contributed by atoms with Gasteiger partial charge in [-0.1, -0.05) is 25.1 Å². The molecule has 0 aliphatic heterocycles. The Kier molecular flexibility index (Phi) is 10.2. The summed E-state index contributed by atoms with van der Waals surface area (Å²) in [5, 5.41) is 15.4. The van der Waals surface area contributed by atoms with E-state index in [2.05, 4.69) is 4.90 Å². The van der Waals surface area contributed by atoms with Crippen LogP contribution in [0.25, 0.3) is 5.69 Å². The summed E-state index contributed by atoms with van der Waals surface area (Å²) in [7, 11) is 1.66. The number of benzene rings is 2. The van der Waals surface area contributed by atoms with Crippen molar-refractivity contribution in [1.29, 1.82) is 0 Å². The molecule has 190 valence electrons. The number of aliphatic hydroxyl groups excluding tert-OH is 1. The summed E-state index contributed by atoms with van der Waals surface area (Å²) in [5.74, 6) is 0.753. The van der Waals surface area contributed by atoms with E-state index in [0.717, 1.165) is 16.9 Å². The van der Waals surface area contributed by atoms with Gasteiger partial charge in [-0.25, -0.2) is 9.07 Å². The first-order chi connectivity index (χ1) is 16.9. The average molecular weight is 486 g/mol. The van der Waals surface area contributed by atoms with Crippen molar-refractivity contribution in [3.63, 3.8) is 0 Å². The van der Waals surface area contributed by atoms with Crippen molar-refractivity contribution >= 4 is 0 Å². The molecule has 3 rings (SSSR count). The Balaban J connectivity index is 1.96. The normalized spacial score (nSPS) is 12.5. The highest BCUT2D eigenvalue weighted by atomic mass is 19.1. The molecular weight excluding hydrogens is 449 g/mol. The maximum Gasteiger partial charge on any atom is 0.227 e. The van der Waals surface area contributed by atoms with E-state index < -0.39 is 6.10 Å². The van der Waals surface area contributed by atoms with Crippen LogP contribution in [0.1, 0.15) is 32.0 Å². The molecule has 1 N–H and O–H groups in total. The molecule has 0 amide bonds. The van der Waals surface area contributed by atoms with E-state index in [1.165, 1.54) is 12.1 Å². The molecule has 0 radical (unpaired) electrons. The van der Waals surface area contributed by atoms with Crippen molar-refractivity contribution in [2.45, 2.75) is 45.9 Å². The molecule has 0 spiro atoms. The quantitative estimate of drug-likeness (QED) is 0.360. The van der Waals surface area contributed by atoms with Crippen LogP contribution >= 0.6 is 0 Å². The lowest BCUT2D eigenvalue weighted by Crippen LogP contribution is -2.37. The van der Waals surface area contributed by atoms with Gasteiger partial charge in [0.2, 0.25) is 5.88 Å². The van der Waals surface area contributed by atoms with Gasteiger partial charge in [-0.15, -0.1) is 0 Å². The van der Waals surface area contributed by atoms with E-state index in [0.29, 0.717) is 44.3 Å². The topological polar surface area (TPSA) is 69.0 Å². The fourth-order valence-electron chi connectivity index (χ4n) is 3.72. The molecule has 35 heavy (non-hydrogen) atoms. The van der Waals surface area contributed by atoms with Crippen LogP contribution in [-0.2, 0) is 22.4 Å². The molecule has 3 aromatic rings. The predicted molar refractivity (Wildman–Crippen MR) is 134 cm³/mol. The number of halogens is 1. The second-order valence-corrected chi connectivity index (χ2v) is 8.65. The molecule has 0 saturated carbocycles. The summed E-state index contributed by atoms with van der Waals surface area (Å²) in [5.41, 5.74) is 2.66. The highest BCUT2D eigenvalue weighted by molar-refractivity contribution is 5.43. The third kappa shape index (κ3) is 7.86. The van der Waals surface area contributed by atoms with Crippen molar-refractivity contribution in [1.82, 2.24) is 14.7 Å². The summed E-state index contributed by atoms with van der Waals surface area (Å²) >= 11 is 0. The lowest BCUT2D eigenvalue weighted by Gasteiger charge is -2.25. The molecule has 1 aromatic heterocycles. The van der Waals surface area contributed by atoms with Crippen LogP contribution in [-0.4, -0.2) is 65.4 Å². The molecule has 0 aliphatic rings. The van der Waals surface area contributed by atoms with Gasteiger partial charge < -0.3 is 19.3 Å². The maximum atomic E-state index is 13.5. The molecule has 7 nitrogen and oxygen atoms in total. The number of methoxy groups -OCH3 is 1. The van der Waals surface area contributed by atoms with E-state index in [1.54, 1.807) is 23.9 Å². The van der Waals surface area contributed by atoms with Crippen molar-refractivity contribution in [3.05, 3.63) is 71.7 Å². The molecule has 0 fully saturated rings. The number of para-hydroxylation sites is 1. The van der Waals surface area contributed by atoms with Crippen LogP contribution in [0, 0.1) is 5.82 Å². The van der Waals surface area contributed by atoms with Crippen LogP contribution in [0.2, 0.25) is 0 Å². The minimum absolute atomic E-state index is 0.0450. The predicted octanol–water partition coefficient (Wildman–Crippen LogP) is 4.60. The zero-order chi connectivity index (χ0) is 25.2. The van der Waals surface area contributed by atoms with Crippen LogP contribution in [0.15, 0.2) is 54.6 Å². The lowest BCUT2D eigenvalue weighted by molar-refractivity contribution is -0.0122. The van der Waals surface area contributed by atoms with Crippen LogP contribution in [0.3, 0.4) is 0 Å². The molecule has 8 heteroatoms. The Bertz CT molecular complexity index is 1020. The van der Waals surface area contributed by atoms with E-state index >= 15 is 0 Å². The fraction of sp³-hybridized carbons (Fsp3) is 0.444. The smallest absolute Gasteiger partial charge is 0.227 e. The largest absolute Gasteiger partial charge is 0.439 e. The highest BCUT2D eigenvalue weighted by Gasteiger charge is 2.24. The first kappa shape index (κ1) is 26.8. The highest BCUT2D eigenvalue weighted by Crippen LogP contribution is 2.32. The zero-order valence-corrected chi connectivity index (χ0v) is 21.0. The van der Waals surface area contributed by atoms with Gasteiger partial charge in [-0.05, 0) is 56.7 Å². The second-order valence-electron chi connectivity index (χ2n) is 8.65. The Hall–Kier alpha value is -2.78. The second kappa shape index (κ2) is 13.3.